The van der Waals surface area contributed by atoms with E-state index in [4.69, 9.17) is 14.2 Å². The molecule has 2 aromatic carbocycles. The second kappa shape index (κ2) is 11.5. The number of hydrogen-bond acceptors (Lipinski definition) is 9. The number of thiazole rings is 1. The van der Waals surface area contributed by atoms with Gasteiger partial charge in [0, 0.05) is 17.4 Å². The number of aryl methyl sites for hydroxylation is 3. The molecular formula is C29H32N4O6S. The number of benzene rings is 1. The van der Waals surface area contributed by atoms with Crippen molar-refractivity contribution in [2.24, 2.45) is 0 Å². The molecule has 3 aromatic rings. The lowest BCUT2D eigenvalue weighted by molar-refractivity contribution is -0.119. The van der Waals surface area contributed by atoms with E-state index in [1.807, 2.05) is 12.1 Å². The van der Waals surface area contributed by atoms with Gasteiger partial charge in [0.25, 0.3) is 0 Å². The lowest BCUT2D eigenvalue weighted by Gasteiger charge is -2.19. The number of carbonyl (C=O) groups excluding carboxylic acids is 2. The molecule has 5 rings (SSSR count). The van der Waals surface area contributed by atoms with Gasteiger partial charge in [0.05, 0.1) is 45.3 Å². The van der Waals surface area contributed by atoms with Gasteiger partial charge >= 0.3 is 0 Å². The summed E-state index contributed by atoms with van der Waals surface area (Å²) in [5.41, 5.74) is 4.08. The first-order valence-corrected chi connectivity index (χ1v) is 13.9. The fourth-order valence-corrected chi connectivity index (χ4v) is 6.50. The Morgan fingerprint density at radius 3 is 2.55 bits per heavy atom. The molecule has 2 aliphatic carbocycles. The zero-order valence-electron chi connectivity index (χ0n) is 22.9. The molecule has 2 aliphatic rings. The van der Waals surface area contributed by atoms with Gasteiger partial charge in [-0.25, -0.2) is 4.98 Å². The summed E-state index contributed by atoms with van der Waals surface area (Å²) in [6.07, 6.45) is 4.21. The molecule has 3 N–H and O–H groups in total. The lowest BCUT2D eigenvalue weighted by Crippen LogP contribution is -2.27. The van der Waals surface area contributed by atoms with Gasteiger partial charge in [0.1, 0.15) is 0 Å². The van der Waals surface area contributed by atoms with Gasteiger partial charge < -0.3 is 30.2 Å². The molecule has 11 heteroatoms. The predicted molar refractivity (Wildman–Crippen MR) is 154 cm³/mol. The van der Waals surface area contributed by atoms with E-state index in [-0.39, 0.29) is 29.5 Å². The van der Waals surface area contributed by atoms with Crippen molar-refractivity contribution in [1.82, 2.24) is 10.3 Å². The Hall–Kier alpha value is -4.12. The fourth-order valence-electron chi connectivity index (χ4n) is 5.44. The summed E-state index contributed by atoms with van der Waals surface area (Å²) in [7, 11) is 4.66. The van der Waals surface area contributed by atoms with Gasteiger partial charge in [0.2, 0.25) is 23.0 Å². The summed E-state index contributed by atoms with van der Waals surface area (Å²) in [5, 5.41) is 9.37. The summed E-state index contributed by atoms with van der Waals surface area (Å²) < 4.78 is 17.0. The standard InChI is InChI=1S/C29H32N4O6S/c1-15(34)31-19-10-8-16-12-23(37-2)27(38-3)28(39-4)26(16)17-9-11-20(22(35)13-18(17)19)30-14-25(36)33-29-32-21-6-5-7-24(21)40-29/h9,11-13,19H,5-8,10,14H2,1-4H3,(H,30,35)(H,31,34)(H,32,33,36)/t19-/m1/s1. The Bertz CT molecular complexity index is 1510. The number of rotatable bonds is 8. The highest BCUT2D eigenvalue weighted by atomic mass is 32.1. The maximum atomic E-state index is 13.4. The number of aromatic nitrogens is 1. The summed E-state index contributed by atoms with van der Waals surface area (Å²) in [6.45, 7) is 1.35. The number of methoxy groups -OCH3 is 3. The van der Waals surface area contributed by atoms with Gasteiger partial charge in [-0.1, -0.05) is 6.07 Å². The number of amides is 2. The van der Waals surface area contributed by atoms with Crippen molar-refractivity contribution in [3.05, 3.63) is 56.2 Å². The molecule has 1 heterocycles. The van der Waals surface area contributed by atoms with Crippen LogP contribution in [0.5, 0.6) is 17.2 Å². The van der Waals surface area contributed by atoms with Crippen molar-refractivity contribution in [1.29, 1.82) is 0 Å². The van der Waals surface area contributed by atoms with E-state index in [2.05, 4.69) is 20.9 Å². The van der Waals surface area contributed by atoms with Crippen LogP contribution in [0, 0.1) is 0 Å². The molecule has 40 heavy (non-hydrogen) atoms. The molecule has 0 saturated heterocycles. The van der Waals surface area contributed by atoms with Crippen LogP contribution >= 0.6 is 11.3 Å². The topological polar surface area (TPSA) is 128 Å². The van der Waals surface area contributed by atoms with Crippen LogP contribution in [-0.2, 0) is 28.9 Å². The number of carbonyl (C=O) groups is 2. The maximum absolute atomic E-state index is 13.4. The Labute approximate surface area is 236 Å². The molecule has 210 valence electrons. The molecule has 0 saturated carbocycles. The second-order valence-electron chi connectivity index (χ2n) is 9.74. The van der Waals surface area contributed by atoms with E-state index < -0.39 is 6.04 Å². The third kappa shape index (κ3) is 5.33. The minimum absolute atomic E-state index is 0.103. The van der Waals surface area contributed by atoms with E-state index in [1.165, 1.54) is 36.3 Å². The van der Waals surface area contributed by atoms with Crippen molar-refractivity contribution in [3.8, 4) is 28.4 Å². The number of fused-ring (bicyclic) bond motifs is 4. The maximum Gasteiger partial charge on any atom is 0.245 e. The van der Waals surface area contributed by atoms with E-state index in [0.29, 0.717) is 40.8 Å². The largest absolute Gasteiger partial charge is 0.493 e. The van der Waals surface area contributed by atoms with E-state index in [9.17, 15) is 14.4 Å². The fraction of sp³-hybridized carbons (Fsp3) is 0.379. The summed E-state index contributed by atoms with van der Waals surface area (Å²) in [6, 6.07) is 6.48. The van der Waals surface area contributed by atoms with Crippen molar-refractivity contribution in [3.63, 3.8) is 0 Å². The first-order valence-electron chi connectivity index (χ1n) is 13.1. The monoisotopic (exact) mass is 564 g/mol. The summed E-state index contributed by atoms with van der Waals surface area (Å²) >= 11 is 1.50. The van der Waals surface area contributed by atoms with Crippen molar-refractivity contribution < 1.29 is 23.8 Å². The molecule has 0 fully saturated rings. The molecule has 0 radical (unpaired) electrons. The molecule has 1 aromatic heterocycles. The molecule has 2 amide bonds. The van der Waals surface area contributed by atoms with Crippen LogP contribution in [-0.4, -0.2) is 44.7 Å². The predicted octanol–water partition coefficient (Wildman–Crippen LogP) is 3.86. The molecule has 0 unspecified atom stereocenters. The third-order valence-corrected chi connectivity index (χ3v) is 8.27. The van der Waals surface area contributed by atoms with Gasteiger partial charge in [-0.15, -0.1) is 11.3 Å². The van der Waals surface area contributed by atoms with Crippen LogP contribution in [0.25, 0.3) is 11.1 Å². The first kappa shape index (κ1) is 27.4. The molecular weight excluding hydrogens is 532 g/mol. The minimum Gasteiger partial charge on any atom is -0.493 e. The van der Waals surface area contributed by atoms with Gasteiger partial charge in [0.15, 0.2) is 16.6 Å². The first-order chi connectivity index (χ1) is 19.3. The van der Waals surface area contributed by atoms with Crippen molar-refractivity contribution in [2.45, 2.75) is 45.1 Å². The minimum atomic E-state index is -0.412. The zero-order valence-corrected chi connectivity index (χ0v) is 23.8. The number of nitrogens with zero attached hydrogens (tertiary/aromatic N) is 1. The average Bonchev–Trinajstić information content (AvgIpc) is 3.44. The molecule has 0 aliphatic heterocycles. The molecule has 0 bridgehead atoms. The Morgan fingerprint density at radius 1 is 1.05 bits per heavy atom. The highest BCUT2D eigenvalue weighted by molar-refractivity contribution is 7.15. The van der Waals surface area contributed by atoms with Gasteiger partial charge in [-0.05, 0) is 67.0 Å². The SMILES string of the molecule is COc1cc2c(c(OC)c1OC)-c1ccc(NCC(=O)Nc3nc4c(s3)CCC4)c(=O)cc1[C@H](NC(C)=O)CC2. The van der Waals surface area contributed by atoms with Crippen LogP contribution in [0.15, 0.2) is 29.1 Å². The Kier molecular flexibility index (Phi) is 7.92. The van der Waals surface area contributed by atoms with Crippen LogP contribution in [0.2, 0.25) is 0 Å². The normalized spacial score (nSPS) is 15.2. The molecule has 0 spiro atoms. The number of anilines is 2. The zero-order chi connectivity index (χ0) is 28.4. The van der Waals surface area contributed by atoms with Gasteiger partial charge in [-0.3, -0.25) is 14.4 Å². The third-order valence-electron chi connectivity index (χ3n) is 7.20. The lowest BCUT2D eigenvalue weighted by atomic mass is 9.95. The van der Waals surface area contributed by atoms with Gasteiger partial charge in [-0.2, -0.15) is 0 Å². The van der Waals surface area contributed by atoms with Crippen molar-refractivity contribution >= 4 is 34.0 Å². The Balaban J connectivity index is 1.51. The number of nitrogens with one attached hydrogen (secondary N) is 3. The second-order valence-corrected chi connectivity index (χ2v) is 10.8. The highest BCUT2D eigenvalue weighted by Crippen LogP contribution is 2.50. The van der Waals surface area contributed by atoms with Crippen LogP contribution in [0.3, 0.4) is 0 Å². The van der Waals surface area contributed by atoms with Crippen LogP contribution in [0.4, 0.5) is 10.8 Å². The molecule has 10 nitrogen and oxygen atoms in total. The van der Waals surface area contributed by atoms with E-state index in [0.717, 1.165) is 41.6 Å². The van der Waals surface area contributed by atoms with Crippen molar-refractivity contribution in [2.75, 3.05) is 38.5 Å². The van der Waals surface area contributed by atoms with Crippen LogP contribution < -0.4 is 35.6 Å². The smallest absolute Gasteiger partial charge is 0.245 e. The highest BCUT2D eigenvalue weighted by Gasteiger charge is 2.29. The molecule has 1 atom stereocenters. The quantitative estimate of drug-likeness (QED) is 0.376. The Morgan fingerprint density at radius 2 is 1.85 bits per heavy atom. The summed E-state index contributed by atoms with van der Waals surface area (Å²) in [5.74, 6) is 0.946. The average molecular weight is 565 g/mol. The van der Waals surface area contributed by atoms with Crippen LogP contribution in [0.1, 0.15) is 47.5 Å². The van der Waals surface area contributed by atoms with E-state index >= 15 is 0 Å². The number of hydrogen-bond donors (Lipinski definition) is 3. The summed E-state index contributed by atoms with van der Waals surface area (Å²) in [4.78, 5) is 43.9. The number of ether oxygens (including phenoxy) is 3. The van der Waals surface area contributed by atoms with E-state index in [1.54, 1.807) is 20.3 Å².